The first-order valence-corrected chi connectivity index (χ1v) is 9.63. The number of hydrogen-bond donors (Lipinski definition) is 2. The third-order valence-electron chi connectivity index (χ3n) is 5.42. The Labute approximate surface area is 173 Å². The summed E-state index contributed by atoms with van der Waals surface area (Å²) in [6, 6.07) is 10.1. The third-order valence-corrected chi connectivity index (χ3v) is 5.42. The van der Waals surface area contributed by atoms with Crippen LogP contribution >= 0.6 is 0 Å². The fourth-order valence-electron chi connectivity index (χ4n) is 3.27. The maximum atomic E-state index is 13.9. The van der Waals surface area contributed by atoms with Gasteiger partial charge in [-0.05, 0) is 30.7 Å². The van der Waals surface area contributed by atoms with Gasteiger partial charge in [0.1, 0.15) is 29.5 Å². The molecule has 3 rings (SSSR count). The van der Waals surface area contributed by atoms with Crippen molar-refractivity contribution in [2.45, 2.75) is 26.4 Å². The van der Waals surface area contributed by atoms with Crippen molar-refractivity contribution in [2.24, 2.45) is 5.41 Å². The number of nitrogens with zero attached hydrogens (tertiary/aromatic N) is 1. The van der Waals surface area contributed by atoms with E-state index >= 15 is 0 Å². The predicted molar refractivity (Wildman–Crippen MR) is 108 cm³/mol. The van der Waals surface area contributed by atoms with Gasteiger partial charge in [0.05, 0.1) is 18.8 Å². The summed E-state index contributed by atoms with van der Waals surface area (Å²) in [5, 5.41) is 19.8. The number of fused-ring (bicyclic) bond motifs is 1. The fourth-order valence-corrected chi connectivity index (χ4v) is 3.27. The fraction of sp³-hybridized carbons (Fsp3) is 0.304. The lowest BCUT2D eigenvalue weighted by atomic mass is 9.80. The molecule has 0 spiro atoms. The largest absolute Gasteiger partial charge is 0.486 e. The van der Waals surface area contributed by atoms with Crippen molar-refractivity contribution in [3.05, 3.63) is 71.4 Å². The van der Waals surface area contributed by atoms with Gasteiger partial charge >= 0.3 is 0 Å². The molecule has 0 aliphatic heterocycles. The first kappa shape index (κ1) is 21.8. The number of halogens is 2. The Kier molecular flexibility index (Phi) is 6.74. The zero-order valence-corrected chi connectivity index (χ0v) is 16.6. The summed E-state index contributed by atoms with van der Waals surface area (Å²) >= 11 is 0. The Morgan fingerprint density at radius 2 is 1.73 bits per heavy atom. The molecule has 7 heteroatoms. The van der Waals surface area contributed by atoms with E-state index in [4.69, 9.17) is 4.74 Å². The molecule has 1 aromatic heterocycles. The minimum atomic E-state index is -0.900. The number of ether oxygens (including phenoxy) is 1. The van der Waals surface area contributed by atoms with E-state index in [-0.39, 0.29) is 43.3 Å². The van der Waals surface area contributed by atoms with Crippen molar-refractivity contribution in [3.63, 3.8) is 0 Å². The van der Waals surface area contributed by atoms with E-state index in [0.29, 0.717) is 22.9 Å². The summed E-state index contributed by atoms with van der Waals surface area (Å²) in [4.78, 5) is 17.2. The normalized spacial score (nSPS) is 11.6. The number of carbonyl (C=O) groups excluding carboxylic acids is 1. The second kappa shape index (κ2) is 9.28. The highest BCUT2D eigenvalue weighted by molar-refractivity contribution is 6.08. The van der Waals surface area contributed by atoms with Crippen molar-refractivity contribution in [1.29, 1.82) is 0 Å². The summed E-state index contributed by atoms with van der Waals surface area (Å²) in [5.41, 5.74) is -0.332. The smallest absolute Gasteiger partial charge is 0.164 e. The van der Waals surface area contributed by atoms with Gasteiger partial charge in [-0.1, -0.05) is 25.1 Å². The quantitative estimate of drug-likeness (QED) is 0.516. The molecule has 0 saturated carbocycles. The van der Waals surface area contributed by atoms with Gasteiger partial charge in [-0.3, -0.25) is 9.78 Å². The van der Waals surface area contributed by atoms with Crippen LogP contribution in [0.4, 0.5) is 8.78 Å². The van der Waals surface area contributed by atoms with Crippen molar-refractivity contribution >= 4 is 16.7 Å². The number of aliphatic hydroxyl groups excluding tert-OH is 2. The second-order valence-corrected chi connectivity index (χ2v) is 7.27. The summed E-state index contributed by atoms with van der Waals surface area (Å²) in [6.45, 7) is 0.859. The number of benzene rings is 2. The highest BCUT2D eigenvalue weighted by Crippen LogP contribution is 2.31. The van der Waals surface area contributed by atoms with Crippen LogP contribution in [0.15, 0.2) is 48.7 Å². The average Bonchev–Trinajstić information content (AvgIpc) is 2.76. The monoisotopic (exact) mass is 415 g/mol. The van der Waals surface area contributed by atoms with E-state index < -0.39 is 17.0 Å². The number of Topliss-reactive ketones (excluding diaryl/α,β-unsaturated/α-hetero) is 1. The Morgan fingerprint density at radius 1 is 1.07 bits per heavy atom. The lowest BCUT2D eigenvalue weighted by Crippen LogP contribution is -2.32. The maximum Gasteiger partial charge on any atom is 0.164 e. The Morgan fingerprint density at radius 3 is 2.37 bits per heavy atom. The van der Waals surface area contributed by atoms with E-state index in [1.807, 2.05) is 0 Å². The summed E-state index contributed by atoms with van der Waals surface area (Å²) in [6.07, 6.45) is 1.87. The molecule has 0 saturated heterocycles. The minimum Gasteiger partial charge on any atom is -0.486 e. The first-order chi connectivity index (χ1) is 14.4. The molecule has 0 aliphatic rings. The second-order valence-electron chi connectivity index (χ2n) is 7.27. The molecule has 0 unspecified atom stereocenters. The van der Waals surface area contributed by atoms with Gasteiger partial charge in [0.25, 0.3) is 0 Å². The Hall–Kier alpha value is -2.90. The van der Waals surface area contributed by atoms with Crippen LogP contribution in [0.2, 0.25) is 0 Å². The molecule has 0 fully saturated rings. The van der Waals surface area contributed by atoms with Crippen LogP contribution in [0.3, 0.4) is 0 Å². The molecule has 2 N–H and O–H groups in total. The molecule has 0 radical (unpaired) electrons. The van der Waals surface area contributed by atoms with E-state index in [2.05, 4.69) is 4.98 Å². The Balaban J connectivity index is 1.92. The zero-order chi connectivity index (χ0) is 21.7. The van der Waals surface area contributed by atoms with Crippen LogP contribution in [0.5, 0.6) is 5.75 Å². The topological polar surface area (TPSA) is 79.7 Å². The molecule has 0 atom stereocenters. The van der Waals surface area contributed by atoms with Gasteiger partial charge in [-0.2, -0.15) is 0 Å². The Bertz CT molecular complexity index is 1020. The van der Waals surface area contributed by atoms with Crippen molar-refractivity contribution in [1.82, 2.24) is 4.98 Å². The van der Waals surface area contributed by atoms with Crippen LogP contribution in [-0.2, 0) is 6.61 Å². The van der Waals surface area contributed by atoms with Crippen molar-refractivity contribution < 1.29 is 28.5 Å². The van der Waals surface area contributed by atoms with Crippen LogP contribution in [-0.4, -0.2) is 34.2 Å². The van der Waals surface area contributed by atoms with Gasteiger partial charge in [0.2, 0.25) is 0 Å². The average molecular weight is 415 g/mol. The number of carbonyl (C=O) groups is 1. The SMILES string of the molecule is CCC(CO)(CO)CC(=O)c1ccnc2c(OCc3c(F)cccc3F)cccc12. The molecule has 2 aromatic carbocycles. The number of para-hydroxylation sites is 1. The number of rotatable bonds is 9. The molecule has 0 aliphatic carbocycles. The van der Waals surface area contributed by atoms with Gasteiger partial charge in [-0.25, -0.2) is 8.78 Å². The van der Waals surface area contributed by atoms with Crippen LogP contribution < -0.4 is 4.74 Å². The number of hydrogen-bond acceptors (Lipinski definition) is 5. The molecule has 0 amide bonds. The summed E-state index contributed by atoms with van der Waals surface area (Å²) in [7, 11) is 0. The van der Waals surface area contributed by atoms with E-state index in [1.54, 1.807) is 31.2 Å². The van der Waals surface area contributed by atoms with Crippen LogP contribution in [0.1, 0.15) is 35.7 Å². The summed E-state index contributed by atoms with van der Waals surface area (Å²) < 4.78 is 33.4. The maximum absolute atomic E-state index is 13.9. The summed E-state index contributed by atoms with van der Waals surface area (Å²) in [5.74, 6) is -1.37. The number of ketones is 1. The standard InChI is InChI=1S/C23H23F2NO4/c1-2-23(13-27,14-28)11-20(29)15-9-10-26-22-16(15)5-3-8-21(22)30-12-17-18(24)6-4-7-19(17)25/h3-10,27-28H,2,11-14H2,1H3. The lowest BCUT2D eigenvalue weighted by Gasteiger charge is -2.27. The van der Waals surface area contributed by atoms with Gasteiger partial charge in [-0.15, -0.1) is 0 Å². The van der Waals surface area contributed by atoms with Crippen molar-refractivity contribution in [2.75, 3.05) is 13.2 Å². The van der Waals surface area contributed by atoms with Crippen molar-refractivity contribution in [3.8, 4) is 5.75 Å². The number of aromatic nitrogens is 1. The molecule has 0 bridgehead atoms. The van der Waals surface area contributed by atoms with E-state index in [9.17, 15) is 23.8 Å². The van der Waals surface area contributed by atoms with Crippen LogP contribution in [0.25, 0.3) is 10.9 Å². The molecule has 3 aromatic rings. The van der Waals surface area contributed by atoms with Gasteiger partial charge in [0.15, 0.2) is 5.78 Å². The number of pyridine rings is 1. The van der Waals surface area contributed by atoms with E-state index in [1.165, 1.54) is 12.3 Å². The molecule has 1 heterocycles. The highest BCUT2D eigenvalue weighted by atomic mass is 19.1. The molecule has 30 heavy (non-hydrogen) atoms. The third kappa shape index (κ3) is 4.32. The first-order valence-electron chi connectivity index (χ1n) is 9.63. The van der Waals surface area contributed by atoms with Gasteiger partial charge < -0.3 is 14.9 Å². The minimum absolute atomic E-state index is 0.0267. The van der Waals surface area contributed by atoms with E-state index in [0.717, 1.165) is 12.1 Å². The molecular weight excluding hydrogens is 392 g/mol. The van der Waals surface area contributed by atoms with Crippen LogP contribution in [0, 0.1) is 17.0 Å². The number of aliphatic hydroxyl groups is 2. The van der Waals surface area contributed by atoms with Gasteiger partial charge in [0, 0.05) is 29.0 Å². The molecular formula is C23H23F2NO4. The lowest BCUT2D eigenvalue weighted by molar-refractivity contribution is 0.0402. The zero-order valence-electron chi connectivity index (χ0n) is 16.6. The molecule has 5 nitrogen and oxygen atoms in total. The predicted octanol–water partition coefficient (Wildman–Crippen LogP) is 4.05. The molecule has 158 valence electrons. The highest BCUT2D eigenvalue weighted by Gasteiger charge is 2.30.